The summed E-state index contributed by atoms with van der Waals surface area (Å²) in [5.74, 6) is 0.814. The summed E-state index contributed by atoms with van der Waals surface area (Å²) >= 11 is 0. The van der Waals surface area contributed by atoms with Gasteiger partial charge in [-0.15, -0.1) is 0 Å². The van der Waals surface area contributed by atoms with Gasteiger partial charge in [0.15, 0.2) is 11.5 Å². The van der Waals surface area contributed by atoms with E-state index in [0.717, 1.165) is 0 Å². The second-order valence-electron chi connectivity index (χ2n) is 3.24. The molecule has 17 heavy (non-hydrogen) atoms. The van der Waals surface area contributed by atoms with Crippen LogP contribution in [-0.4, -0.2) is 25.0 Å². The van der Waals surface area contributed by atoms with E-state index in [1.807, 2.05) is 0 Å². The van der Waals surface area contributed by atoms with Crippen LogP contribution in [0.2, 0.25) is 0 Å². The van der Waals surface area contributed by atoms with Gasteiger partial charge in [-0.2, -0.15) is 0 Å². The molecular weight excluding hydrogens is 222 g/mol. The Hall–Kier alpha value is -2.30. The molecule has 0 fully saturated rings. The van der Waals surface area contributed by atoms with Gasteiger partial charge in [0.1, 0.15) is 6.26 Å². The summed E-state index contributed by atoms with van der Waals surface area (Å²) in [5, 5.41) is 0. The van der Waals surface area contributed by atoms with Gasteiger partial charge < -0.3 is 13.9 Å². The van der Waals surface area contributed by atoms with E-state index in [2.05, 4.69) is 4.98 Å². The summed E-state index contributed by atoms with van der Waals surface area (Å²) in [4.78, 5) is 15.7. The molecule has 1 aromatic heterocycles. The Kier molecular flexibility index (Phi) is 3.09. The van der Waals surface area contributed by atoms with Crippen LogP contribution in [0.25, 0.3) is 0 Å². The molecule has 0 aliphatic carbocycles. The summed E-state index contributed by atoms with van der Waals surface area (Å²) in [5.41, 5.74) is 0.435. The van der Waals surface area contributed by atoms with E-state index in [4.69, 9.17) is 13.9 Å². The van der Waals surface area contributed by atoms with Crippen molar-refractivity contribution in [1.82, 2.24) is 4.98 Å². The molecule has 2 rings (SSSR count). The molecule has 0 aliphatic rings. The molecule has 0 atom stereocenters. The van der Waals surface area contributed by atoms with Gasteiger partial charge in [0.05, 0.1) is 20.4 Å². The van der Waals surface area contributed by atoms with Crippen molar-refractivity contribution >= 4 is 5.78 Å². The van der Waals surface area contributed by atoms with Crippen molar-refractivity contribution in [3.63, 3.8) is 0 Å². The van der Waals surface area contributed by atoms with Crippen molar-refractivity contribution in [1.29, 1.82) is 0 Å². The Labute approximate surface area is 98.0 Å². The highest BCUT2D eigenvalue weighted by Crippen LogP contribution is 2.28. The Bertz CT molecular complexity index is 519. The molecular formula is C12H11NO4. The van der Waals surface area contributed by atoms with Crippen LogP contribution in [0.3, 0.4) is 0 Å². The first-order chi connectivity index (χ1) is 8.26. The molecule has 0 saturated heterocycles. The highest BCUT2D eigenvalue weighted by atomic mass is 16.5. The van der Waals surface area contributed by atoms with Crippen LogP contribution < -0.4 is 9.47 Å². The standard InChI is InChI=1S/C12H11NO4/c1-15-9-4-3-8(7-10(9)16-2)11(14)12-13-5-6-17-12/h3-7H,1-2H3. The van der Waals surface area contributed by atoms with Gasteiger partial charge in [0.2, 0.25) is 5.78 Å². The third-order valence-corrected chi connectivity index (χ3v) is 2.27. The van der Waals surface area contributed by atoms with Crippen molar-refractivity contribution in [2.45, 2.75) is 0 Å². The van der Waals surface area contributed by atoms with E-state index < -0.39 is 0 Å². The monoisotopic (exact) mass is 233 g/mol. The zero-order valence-corrected chi connectivity index (χ0v) is 9.47. The summed E-state index contributed by atoms with van der Waals surface area (Å²) in [6, 6.07) is 4.88. The Morgan fingerprint density at radius 1 is 1.24 bits per heavy atom. The average Bonchev–Trinajstić information content (AvgIpc) is 2.90. The van der Waals surface area contributed by atoms with Gasteiger partial charge in [0, 0.05) is 5.56 Å². The van der Waals surface area contributed by atoms with Crippen LogP contribution in [0.4, 0.5) is 0 Å². The first-order valence-electron chi connectivity index (χ1n) is 4.92. The number of ketones is 1. The smallest absolute Gasteiger partial charge is 0.268 e. The summed E-state index contributed by atoms with van der Waals surface area (Å²) < 4.78 is 15.1. The van der Waals surface area contributed by atoms with E-state index in [-0.39, 0.29) is 11.7 Å². The largest absolute Gasteiger partial charge is 0.493 e. The molecule has 0 amide bonds. The summed E-state index contributed by atoms with van der Waals surface area (Å²) in [6.45, 7) is 0. The quantitative estimate of drug-likeness (QED) is 0.755. The average molecular weight is 233 g/mol. The first kappa shape index (κ1) is 11.2. The molecule has 0 spiro atoms. The maximum Gasteiger partial charge on any atom is 0.268 e. The number of oxazole rings is 1. The molecule has 0 radical (unpaired) electrons. The minimum atomic E-state index is -0.295. The summed E-state index contributed by atoms with van der Waals surface area (Å²) in [7, 11) is 3.05. The van der Waals surface area contributed by atoms with E-state index in [1.165, 1.54) is 26.7 Å². The number of benzene rings is 1. The van der Waals surface area contributed by atoms with Crippen molar-refractivity contribution in [3.8, 4) is 11.5 Å². The van der Waals surface area contributed by atoms with Gasteiger partial charge in [-0.25, -0.2) is 4.98 Å². The van der Waals surface area contributed by atoms with Crippen LogP contribution in [-0.2, 0) is 0 Å². The predicted octanol–water partition coefficient (Wildman–Crippen LogP) is 1.92. The third-order valence-electron chi connectivity index (χ3n) is 2.27. The Morgan fingerprint density at radius 3 is 2.59 bits per heavy atom. The van der Waals surface area contributed by atoms with Crippen LogP contribution >= 0.6 is 0 Å². The van der Waals surface area contributed by atoms with Crippen LogP contribution in [0.1, 0.15) is 16.2 Å². The fourth-order valence-corrected chi connectivity index (χ4v) is 1.44. The number of carbonyl (C=O) groups is 1. The number of aromatic nitrogens is 1. The fourth-order valence-electron chi connectivity index (χ4n) is 1.44. The molecule has 1 aromatic carbocycles. The number of hydrogen-bond acceptors (Lipinski definition) is 5. The SMILES string of the molecule is COc1ccc(C(=O)c2ncco2)cc1OC. The van der Waals surface area contributed by atoms with Crippen LogP contribution in [0.15, 0.2) is 35.1 Å². The summed E-state index contributed by atoms with van der Waals surface area (Å²) in [6.07, 6.45) is 2.78. The van der Waals surface area contributed by atoms with Gasteiger partial charge >= 0.3 is 0 Å². The molecule has 1 heterocycles. The van der Waals surface area contributed by atoms with Gasteiger partial charge in [-0.05, 0) is 18.2 Å². The maximum absolute atomic E-state index is 11.9. The van der Waals surface area contributed by atoms with Gasteiger partial charge in [0.25, 0.3) is 5.89 Å². The number of nitrogens with zero attached hydrogens (tertiary/aromatic N) is 1. The number of carbonyl (C=O) groups excluding carboxylic acids is 1. The van der Waals surface area contributed by atoms with Crippen LogP contribution in [0.5, 0.6) is 11.5 Å². The lowest BCUT2D eigenvalue weighted by molar-refractivity contribution is 0.100. The van der Waals surface area contributed by atoms with Gasteiger partial charge in [-0.1, -0.05) is 0 Å². The molecule has 0 unspecified atom stereocenters. The van der Waals surface area contributed by atoms with Crippen molar-refractivity contribution < 1.29 is 18.7 Å². The maximum atomic E-state index is 11.9. The van der Waals surface area contributed by atoms with Crippen molar-refractivity contribution in [2.75, 3.05) is 14.2 Å². The molecule has 5 nitrogen and oxygen atoms in total. The van der Waals surface area contributed by atoms with E-state index >= 15 is 0 Å². The topological polar surface area (TPSA) is 61.6 Å². The molecule has 0 bridgehead atoms. The lowest BCUT2D eigenvalue weighted by Crippen LogP contribution is -2.02. The molecule has 0 aliphatic heterocycles. The van der Waals surface area contributed by atoms with E-state index in [0.29, 0.717) is 17.1 Å². The number of ether oxygens (including phenoxy) is 2. The Balaban J connectivity index is 2.37. The lowest BCUT2D eigenvalue weighted by atomic mass is 10.1. The number of hydrogen-bond donors (Lipinski definition) is 0. The Morgan fingerprint density at radius 2 is 2.00 bits per heavy atom. The van der Waals surface area contributed by atoms with Crippen LogP contribution in [0, 0.1) is 0 Å². The highest BCUT2D eigenvalue weighted by Gasteiger charge is 2.15. The molecule has 2 aromatic rings. The van der Waals surface area contributed by atoms with E-state index in [1.54, 1.807) is 18.2 Å². The normalized spacial score (nSPS) is 10.0. The zero-order valence-electron chi connectivity index (χ0n) is 9.47. The minimum Gasteiger partial charge on any atom is -0.493 e. The fraction of sp³-hybridized carbons (Fsp3) is 0.167. The first-order valence-corrected chi connectivity index (χ1v) is 4.92. The second-order valence-corrected chi connectivity index (χ2v) is 3.24. The minimum absolute atomic E-state index is 0.0530. The number of rotatable bonds is 4. The molecule has 0 N–H and O–H groups in total. The molecule has 0 saturated carbocycles. The van der Waals surface area contributed by atoms with E-state index in [9.17, 15) is 4.79 Å². The second kappa shape index (κ2) is 4.69. The highest BCUT2D eigenvalue weighted by molar-refractivity contribution is 6.06. The zero-order chi connectivity index (χ0) is 12.3. The third kappa shape index (κ3) is 2.13. The lowest BCUT2D eigenvalue weighted by Gasteiger charge is -2.07. The van der Waals surface area contributed by atoms with Crippen molar-refractivity contribution in [2.24, 2.45) is 0 Å². The molecule has 88 valence electrons. The number of methoxy groups -OCH3 is 2. The molecule has 5 heteroatoms. The van der Waals surface area contributed by atoms with Crippen molar-refractivity contribution in [3.05, 3.63) is 42.1 Å². The van der Waals surface area contributed by atoms with Gasteiger partial charge in [-0.3, -0.25) is 4.79 Å². The predicted molar refractivity (Wildman–Crippen MR) is 59.5 cm³/mol.